The summed E-state index contributed by atoms with van der Waals surface area (Å²) in [4.78, 5) is 16.9. The average Bonchev–Trinajstić information content (AvgIpc) is 3.41. The second-order valence-electron chi connectivity index (χ2n) is 6.89. The van der Waals surface area contributed by atoms with E-state index in [4.69, 9.17) is 10.5 Å². The van der Waals surface area contributed by atoms with Gasteiger partial charge in [0, 0.05) is 16.8 Å². The zero-order valence-corrected chi connectivity index (χ0v) is 16.7. The molecule has 1 aliphatic carbocycles. The average molecular weight is 414 g/mol. The van der Waals surface area contributed by atoms with Gasteiger partial charge in [-0.05, 0) is 68.1 Å². The van der Waals surface area contributed by atoms with Crippen molar-refractivity contribution in [2.75, 3.05) is 5.32 Å². The van der Waals surface area contributed by atoms with Gasteiger partial charge >= 0.3 is 0 Å². The number of aromatic amines is 1. The molecule has 1 amide bonds. The fraction of sp³-hybridized carbons (Fsp3) is 0.286. The maximum absolute atomic E-state index is 12.6. The van der Waals surface area contributed by atoms with E-state index >= 15 is 0 Å². The fourth-order valence-corrected chi connectivity index (χ4v) is 3.33. The first-order valence-electron chi connectivity index (χ1n) is 9.51. The summed E-state index contributed by atoms with van der Waals surface area (Å²) in [6, 6.07) is 14.7. The van der Waals surface area contributed by atoms with Gasteiger partial charge in [-0.3, -0.25) is 9.89 Å². The summed E-state index contributed by atoms with van der Waals surface area (Å²) in [5.41, 5.74) is 7.66. The van der Waals surface area contributed by atoms with Crippen LogP contribution in [0.3, 0.4) is 0 Å². The summed E-state index contributed by atoms with van der Waals surface area (Å²) < 4.78 is 5.99. The molecule has 152 valence electrons. The van der Waals surface area contributed by atoms with Crippen LogP contribution >= 0.6 is 12.4 Å². The van der Waals surface area contributed by atoms with Crippen molar-refractivity contribution in [1.29, 1.82) is 0 Å². The van der Waals surface area contributed by atoms with E-state index in [2.05, 4.69) is 20.5 Å². The van der Waals surface area contributed by atoms with Crippen LogP contribution in [0.25, 0.3) is 11.4 Å². The molecule has 0 saturated heterocycles. The maximum Gasteiger partial charge on any atom is 0.255 e. The quantitative estimate of drug-likeness (QED) is 0.567. The number of H-pyrrole nitrogens is 1. The van der Waals surface area contributed by atoms with Crippen LogP contribution in [0.2, 0.25) is 0 Å². The summed E-state index contributed by atoms with van der Waals surface area (Å²) in [6.07, 6.45) is 4.85. The van der Waals surface area contributed by atoms with Crippen molar-refractivity contribution in [3.05, 3.63) is 59.9 Å². The van der Waals surface area contributed by atoms with Crippen LogP contribution in [-0.4, -0.2) is 27.2 Å². The number of rotatable bonds is 6. The molecule has 0 spiro atoms. The Morgan fingerprint density at radius 2 is 1.93 bits per heavy atom. The minimum atomic E-state index is -0.173. The van der Waals surface area contributed by atoms with E-state index in [-0.39, 0.29) is 24.4 Å². The molecule has 29 heavy (non-hydrogen) atoms. The van der Waals surface area contributed by atoms with E-state index in [1.807, 2.05) is 36.4 Å². The monoisotopic (exact) mass is 413 g/mol. The Labute approximate surface area is 175 Å². The zero-order valence-electron chi connectivity index (χ0n) is 15.9. The Kier molecular flexibility index (Phi) is 6.85. The summed E-state index contributed by atoms with van der Waals surface area (Å²) in [5.74, 6) is 1.78. The predicted octanol–water partition coefficient (Wildman–Crippen LogP) is 3.93. The maximum atomic E-state index is 12.6. The van der Waals surface area contributed by atoms with Crippen LogP contribution in [0.15, 0.2) is 48.5 Å². The molecule has 2 aromatic carbocycles. The van der Waals surface area contributed by atoms with Gasteiger partial charge in [0.25, 0.3) is 5.91 Å². The second-order valence-corrected chi connectivity index (χ2v) is 6.89. The van der Waals surface area contributed by atoms with E-state index in [9.17, 15) is 4.79 Å². The molecule has 4 rings (SSSR count). The number of nitrogens with one attached hydrogen (secondary N) is 2. The highest BCUT2D eigenvalue weighted by atomic mass is 35.5. The van der Waals surface area contributed by atoms with Gasteiger partial charge in [0.2, 0.25) is 0 Å². The highest BCUT2D eigenvalue weighted by Crippen LogP contribution is 2.25. The lowest BCUT2D eigenvalue weighted by molar-refractivity contribution is 0.102. The Morgan fingerprint density at radius 3 is 2.62 bits per heavy atom. The first kappa shape index (κ1) is 20.8. The SMILES string of the molecule is Cl.NCc1nc(-c2ccc(NC(=O)c3cccc(OC4CCCC4)c3)cc2)n[nH]1. The molecule has 1 aromatic heterocycles. The third-order valence-corrected chi connectivity index (χ3v) is 4.83. The van der Waals surface area contributed by atoms with Crippen molar-refractivity contribution in [3.63, 3.8) is 0 Å². The number of aromatic nitrogens is 3. The molecule has 1 fully saturated rings. The number of anilines is 1. The largest absolute Gasteiger partial charge is 0.490 e. The number of hydrogen-bond donors (Lipinski definition) is 3. The number of halogens is 1. The minimum Gasteiger partial charge on any atom is -0.490 e. The predicted molar refractivity (Wildman–Crippen MR) is 114 cm³/mol. The number of nitrogens with two attached hydrogens (primary N) is 1. The minimum absolute atomic E-state index is 0. The van der Waals surface area contributed by atoms with Crippen molar-refractivity contribution in [2.45, 2.75) is 38.3 Å². The molecule has 0 bridgehead atoms. The number of carbonyl (C=O) groups excluding carboxylic acids is 1. The van der Waals surface area contributed by atoms with Crippen LogP contribution in [0, 0.1) is 0 Å². The third kappa shape index (κ3) is 5.13. The van der Waals surface area contributed by atoms with E-state index in [1.54, 1.807) is 12.1 Å². The molecule has 0 unspecified atom stereocenters. The number of hydrogen-bond acceptors (Lipinski definition) is 5. The van der Waals surface area contributed by atoms with Crippen LogP contribution in [-0.2, 0) is 6.54 Å². The summed E-state index contributed by atoms with van der Waals surface area (Å²) in [6.45, 7) is 0.310. The van der Waals surface area contributed by atoms with Crippen molar-refractivity contribution in [2.24, 2.45) is 5.73 Å². The molecule has 3 aromatic rings. The van der Waals surface area contributed by atoms with Crippen molar-refractivity contribution in [3.8, 4) is 17.1 Å². The summed E-state index contributed by atoms with van der Waals surface area (Å²) >= 11 is 0. The van der Waals surface area contributed by atoms with Gasteiger partial charge in [-0.2, -0.15) is 5.10 Å². The van der Waals surface area contributed by atoms with Crippen LogP contribution in [0.5, 0.6) is 5.75 Å². The number of nitrogens with zero attached hydrogens (tertiary/aromatic N) is 2. The topological polar surface area (TPSA) is 106 Å². The van der Waals surface area contributed by atoms with Crippen LogP contribution < -0.4 is 15.8 Å². The van der Waals surface area contributed by atoms with Gasteiger partial charge in [-0.15, -0.1) is 12.4 Å². The standard InChI is InChI=1S/C21H23N5O2.ClH/c22-13-19-24-20(26-25-19)14-8-10-16(11-9-14)23-21(27)15-4-3-7-18(12-15)28-17-5-1-2-6-17;/h3-4,7-12,17H,1-2,5-6,13,22H2,(H,23,27)(H,24,25,26);1H. The van der Waals surface area contributed by atoms with E-state index in [0.717, 1.165) is 24.2 Å². The molecule has 1 saturated carbocycles. The Hall–Kier alpha value is -2.90. The molecule has 1 aliphatic rings. The number of benzene rings is 2. The molecule has 0 aliphatic heterocycles. The number of ether oxygens (including phenoxy) is 1. The molecule has 0 atom stereocenters. The van der Waals surface area contributed by atoms with Crippen molar-refractivity contribution >= 4 is 24.0 Å². The first-order valence-corrected chi connectivity index (χ1v) is 9.51. The van der Waals surface area contributed by atoms with E-state index in [0.29, 0.717) is 29.4 Å². The number of amides is 1. The zero-order chi connectivity index (χ0) is 19.3. The van der Waals surface area contributed by atoms with Gasteiger partial charge in [0.15, 0.2) is 5.82 Å². The molecule has 8 heteroatoms. The second kappa shape index (κ2) is 9.54. The highest BCUT2D eigenvalue weighted by Gasteiger charge is 2.17. The molecule has 1 heterocycles. The normalized spacial score (nSPS) is 13.7. The summed E-state index contributed by atoms with van der Waals surface area (Å²) in [7, 11) is 0. The van der Waals surface area contributed by atoms with Gasteiger partial charge in [-0.1, -0.05) is 6.07 Å². The fourth-order valence-electron chi connectivity index (χ4n) is 3.33. The molecule has 7 nitrogen and oxygen atoms in total. The van der Waals surface area contributed by atoms with E-state index in [1.165, 1.54) is 12.8 Å². The lowest BCUT2D eigenvalue weighted by atomic mass is 10.1. The Bertz CT molecular complexity index is 952. The molecule has 0 radical (unpaired) electrons. The number of carbonyl (C=O) groups is 1. The van der Waals surface area contributed by atoms with Crippen LogP contribution in [0.4, 0.5) is 5.69 Å². The van der Waals surface area contributed by atoms with Crippen LogP contribution in [0.1, 0.15) is 41.9 Å². The van der Waals surface area contributed by atoms with Crippen molar-refractivity contribution in [1.82, 2.24) is 15.2 Å². The smallest absolute Gasteiger partial charge is 0.255 e. The Morgan fingerprint density at radius 1 is 1.17 bits per heavy atom. The first-order chi connectivity index (χ1) is 13.7. The van der Waals surface area contributed by atoms with Crippen molar-refractivity contribution < 1.29 is 9.53 Å². The summed E-state index contributed by atoms with van der Waals surface area (Å²) in [5, 5.41) is 9.83. The van der Waals surface area contributed by atoms with Gasteiger partial charge in [-0.25, -0.2) is 4.98 Å². The van der Waals surface area contributed by atoms with E-state index < -0.39 is 0 Å². The molecular weight excluding hydrogens is 390 g/mol. The Balaban J connectivity index is 0.00000240. The molecule has 4 N–H and O–H groups in total. The van der Waals surface area contributed by atoms with Gasteiger partial charge < -0.3 is 15.8 Å². The third-order valence-electron chi connectivity index (χ3n) is 4.83. The lowest BCUT2D eigenvalue weighted by Gasteiger charge is -2.14. The highest BCUT2D eigenvalue weighted by molar-refractivity contribution is 6.04. The lowest BCUT2D eigenvalue weighted by Crippen LogP contribution is -2.14. The van der Waals surface area contributed by atoms with Gasteiger partial charge in [0.05, 0.1) is 12.6 Å². The van der Waals surface area contributed by atoms with Gasteiger partial charge in [0.1, 0.15) is 11.6 Å². The molecular formula is C21H24ClN5O2.